The van der Waals surface area contributed by atoms with Gasteiger partial charge in [-0.3, -0.25) is 4.79 Å². The first-order chi connectivity index (χ1) is 9.75. The summed E-state index contributed by atoms with van der Waals surface area (Å²) in [5, 5.41) is 6.38. The number of aryl methyl sites for hydroxylation is 1. The Morgan fingerprint density at radius 3 is 2.62 bits per heavy atom. The standard InChI is InChI=1S/C14H19N5O2/c1-8-17-12(21-19-8)7-16-13(20)9-5-10(14(2,3)4)18-11(15)6-9/h5-6H,7H2,1-4H3,(H2,15,18)(H,16,20). The smallest absolute Gasteiger partial charge is 0.251 e. The average molecular weight is 289 g/mol. The van der Waals surface area contributed by atoms with Crippen LogP contribution < -0.4 is 11.1 Å². The van der Waals surface area contributed by atoms with Gasteiger partial charge in [-0.15, -0.1) is 0 Å². The van der Waals surface area contributed by atoms with Crippen molar-refractivity contribution in [2.24, 2.45) is 0 Å². The van der Waals surface area contributed by atoms with E-state index >= 15 is 0 Å². The molecule has 0 aliphatic carbocycles. The summed E-state index contributed by atoms with van der Waals surface area (Å²) in [4.78, 5) is 20.5. The average Bonchev–Trinajstić information content (AvgIpc) is 2.80. The van der Waals surface area contributed by atoms with Crippen LogP contribution in [-0.4, -0.2) is 21.0 Å². The summed E-state index contributed by atoms with van der Waals surface area (Å²) in [5.41, 5.74) is 6.81. The lowest BCUT2D eigenvalue weighted by Gasteiger charge is -2.18. The molecule has 0 aromatic carbocycles. The molecule has 7 nitrogen and oxygen atoms in total. The van der Waals surface area contributed by atoms with Crippen LogP contribution in [0.25, 0.3) is 0 Å². The molecule has 0 aliphatic heterocycles. The van der Waals surface area contributed by atoms with Gasteiger partial charge in [-0.2, -0.15) is 4.98 Å². The number of rotatable bonds is 3. The lowest BCUT2D eigenvalue weighted by atomic mass is 9.90. The quantitative estimate of drug-likeness (QED) is 0.888. The van der Waals surface area contributed by atoms with Gasteiger partial charge in [0.1, 0.15) is 5.82 Å². The number of hydrogen-bond acceptors (Lipinski definition) is 6. The Morgan fingerprint density at radius 2 is 2.05 bits per heavy atom. The molecule has 2 heterocycles. The number of aromatic nitrogens is 3. The Kier molecular flexibility index (Phi) is 3.93. The highest BCUT2D eigenvalue weighted by Crippen LogP contribution is 2.22. The Balaban J connectivity index is 2.13. The third-order valence-corrected chi connectivity index (χ3v) is 2.85. The minimum Gasteiger partial charge on any atom is -0.384 e. The number of nitrogens with one attached hydrogen (secondary N) is 1. The Morgan fingerprint density at radius 1 is 1.33 bits per heavy atom. The van der Waals surface area contributed by atoms with Gasteiger partial charge in [0.05, 0.1) is 6.54 Å². The van der Waals surface area contributed by atoms with Gasteiger partial charge in [0, 0.05) is 16.7 Å². The Bertz CT molecular complexity index is 658. The molecule has 0 radical (unpaired) electrons. The molecule has 3 N–H and O–H groups in total. The number of pyridine rings is 1. The zero-order valence-corrected chi connectivity index (χ0v) is 12.6. The fraction of sp³-hybridized carbons (Fsp3) is 0.429. The largest absolute Gasteiger partial charge is 0.384 e. The number of hydrogen-bond donors (Lipinski definition) is 2. The van der Waals surface area contributed by atoms with Gasteiger partial charge in [-0.1, -0.05) is 25.9 Å². The van der Waals surface area contributed by atoms with E-state index in [-0.39, 0.29) is 17.9 Å². The lowest BCUT2D eigenvalue weighted by molar-refractivity contribution is 0.0946. The van der Waals surface area contributed by atoms with Crippen LogP contribution >= 0.6 is 0 Å². The minimum atomic E-state index is -0.259. The molecule has 0 spiro atoms. The highest BCUT2D eigenvalue weighted by molar-refractivity contribution is 5.94. The highest BCUT2D eigenvalue weighted by Gasteiger charge is 2.19. The summed E-state index contributed by atoms with van der Waals surface area (Å²) in [7, 11) is 0. The second kappa shape index (κ2) is 5.51. The molecular formula is C14H19N5O2. The van der Waals surface area contributed by atoms with Crippen molar-refractivity contribution in [3.05, 3.63) is 35.1 Å². The van der Waals surface area contributed by atoms with Gasteiger partial charge < -0.3 is 15.6 Å². The van der Waals surface area contributed by atoms with Gasteiger partial charge in [0.15, 0.2) is 5.82 Å². The molecule has 0 bridgehead atoms. The van der Waals surface area contributed by atoms with E-state index in [1.165, 1.54) is 0 Å². The van der Waals surface area contributed by atoms with E-state index in [9.17, 15) is 4.79 Å². The second-order valence-corrected chi connectivity index (χ2v) is 5.83. The molecular weight excluding hydrogens is 270 g/mol. The van der Waals surface area contributed by atoms with Crippen molar-refractivity contribution < 1.29 is 9.32 Å². The van der Waals surface area contributed by atoms with Crippen LogP contribution in [0.15, 0.2) is 16.7 Å². The van der Waals surface area contributed by atoms with Gasteiger partial charge in [0.25, 0.3) is 5.91 Å². The van der Waals surface area contributed by atoms with Crippen LogP contribution in [0.1, 0.15) is 48.5 Å². The maximum atomic E-state index is 12.2. The molecule has 1 amide bonds. The van der Waals surface area contributed by atoms with Crippen LogP contribution in [0.2, 0.25) is 0 Å². The van der Waals surface area contributed by atoms with E-state index < -0.39 is 0 Å². The van der Waals surface area contributed by atoms with Gasteiger partial charge in [-0.25, -0.2) is 4.98 Å². The van der Waals surface area contributed by atoms with Gasteiger partial charge >= 0.3 is 0 Å². The maximum Gasteiger partial charge on any atom is 0.251 e. The zero-order valence-electron chi connectivity index (χ0n) is 12.6. The monoisotopic (exact) mass is 289 g/mol. The van der Waals surface area contributed by atoms with E-state index in [1.54, 1.807) is 19.1 Å². The van der Waals surface area contributed by atoms with E-state index in [4.69, 9.17) is 10.3 Å². The first-order valence-corrected chi connectivity index (χ1v) is 6.61. The predicted octanol–water partition coefficient (Wildman–Crippen LogP) is 1.58. The molecule has 0 aliphatic rings. The second-order valence-electron chi connectivity index (χ2n) is 5.83. The van der Waals surface area contributed by atoms with Crippen LogP contribution in [0.4, 0.5) is 5.82 Å². The molecule has 0 fully saturated rings. The van der Waals surface area contributed by atoms with Crippen molar-refractivity contribution in [2.75, 3.05) is 5.73 Å². The number of carbonyl (C=O) groups excluding carboxylic acids is 1. The van der Waals surface area contributed by atoms with Crippen molar-refractivity contribution in [1.82, 2.24) is 20.4 Å². The predicted molar refractivity (Wildman–Crippen MR) is 77.6 cm³/mol. The van der Waals surface area contributed by atoms with Gasteiger partial charge in [0.2, 0.25) is 5.89 Å². The molecule has 0 atom stereocenters. The molecule has 112 valence electrons. The molecule has 0 saturated heterocycles. The third kappa shape index (κ3) is 3.77. The van der Waals surface area contributed by atoms with E-state index in [0.717, 1.165) is 5.69 Å². The molecule has 7 heteroatoms. The molecule has 2 aromatic heterocycles. The van der Waals surface area contributed by atoms with Gasteiger partial charge in [-0.05, 0) is 19.1 Å². The summed E-state index contributed by atoms with van der Waals surface area (Å²) in [6.07, 6.45) is 0. The first-order valence-electron chi connectivity index (χ1n) is 6.61. The summed E-state index contributed by atoms with van der Waals surface area (Å²) >= 11 is 0. The van der Waals surface area contributed by atoms with E-state index in [2.05, 4.69) is 20.4 Å². The maximum absolute atomic E-state index is 12.2. The number of nitrogen functional groups attached to an aromatic ring is 1. The summed E-state index contributed by atoms with van der Waals surface area (Å²) < 4.78 is 4.94. The van der Waals surface area contributed by atoms with Crippen LogP contribution in [-0.2, 0) is 12.0 Å². The third-order valence-electron chi connectivity index (χ3n) is 2.85. The topological polar surface area (TPSA) is 107 Å². The van der Waals surface area contributed by atoms with Crippen LogP contribution in [0, 0.1) is 6.92 Å². The zero-order chi connectivity index (χ0) is 15.6. The van der Waals surface area contributed by atoms with E-state index in [0.29, 0.717) is 23.1 Å². The Hall–Kier alpha value is -2.44. The number of anilines is 1. The number of nitrogens with zero attached hydrogens (tertiary/aromatic N) is 3. The molecule has 0 unspecified atom stereocenters. The highest BCUT2D eigenvalue weighted by atomic mass is 16.5. The molecule has 0 saturated carbocycles. The van der Waals surface area contributed by atoms with Crippen LogP contribution in [0.3, 0.4) is 0 Å². The Labute approximate surface area is 122 Å². The fourth-order valence-electron chi connectivity index (χ4n) is 1.74. The first kappa shape index (κ1) is 15.0. The van der Waals surface area contributed by atoms with Crippen molar-refractivity contribution in [3.8, 4) is 0 Å². The van der Waals surface area contributed by atoms with Crippen molar-refractivity contribution in [2.45, 2.75) is 39.7 Å². The summed E-state index contributed by atoms with van der Waals surface area (Å²) in [6.45, 7) is 7.92. The summed E-state index contributed by atoms with van der Waals surface area (Å²) in [6, 6.07) is 3.29. The number of amides is 1. The summed E-state index contributed by atoms with van der Waals surface area (Å²) in [5.74, 6) is 0.952. The SMILES string of the molecule is Cc1noc(CNC(=O)c2cc(N)nc(C(C)(C)C)c2)n1. The van der Waals surface area contributed by atoms with Crippen molar-refractivity contribution >= 4 is 11.7 Å². The molecule has 21 heavy (non-hydrogen) atoms. The van der Waals surface area contributed by atoms with Crippen molar-refractivity contribution in [3.63, 3.8) is 0 Å². The van der Waals surface area contributed by atoms with Crippen molar-refractivity contribution in [1.29, 1.82) is 0 Å². The fourth-order valence-corrected chi connectivity index (χ4v) is 1.74. The lowest BCUT2D eigenvalue weighted by Crippen LogP contribution is -2.24. The van der Waals surface area contributed by atoms with Crippen LogP contribution in [0.5, 0.6) is 0 Å². The van der Waals surface area contributed by atoms with E-state index in [1.807, 2.05) is 20.8 Å². The minimum absolute atomic E-state index is 0.173. The molecule has 2 aromatic rings. The molecule has 2 rings (SSSR count). The number of nitrogens with two attached hydrogens (primary N) is 1. The normalized spacial score (nSPS) is 11.4. The number of carbonyl (C=O) groups is 1.